The van der Waals surface area contributed by atoms with Gasteiger partial charge in [-0.25, -0.2) is 4.79 Å². The van der Waals surface area contributed by atoms with Crippen LogP contribution in [0.5, 0.6) is 23.0 Å². The molecule has 0 fully saturated rings. The van der Waals surface area contributed by atoms with Gasteiger partial charge in [0.2, 0.25) is 6.79 Å². The third kappa shape index (κ3) is 4.46. The van der Waals surface area contributed by atoms with E-state index < -0.39 is 11.2 Å². The molecule has 182 valence electrons. The molecule has 0 saturated carbocycles. The van der Waals surface area contributed by atoms with E-state index in [-0.39, 0.29) is 13.4 Å². The van der Waals surface area contributed by atoms with Crippen molar-refractivity contribution in [1.82, 2.24) is 9.66 Å². The standard InChI is InChI=1S/C27H23N3O6/c1-3-6-19-11-18(14-28-30-26(31)20-7-4-5-8-21(20)29-27(30)32)13-24(33-2)25(19)34-15-17-9-10-22-23(12-17)36-16-35-22/h3-5,7-14H,1,6,15-16H2,2H3,(H,29,32). The molecule has 5 rings (SSSR count). The fraction of sp³-hybridized carbons (Fsp3) is 0.148. The highest BCUT2D eigenvalue weighted by atomic mass is 16.7. The monoisotopic (exact) mass is 485 g/mol. The Labute approximate surface area is 205 Å². The third-order valence-electron chi connectivity index (χ3n) is 5.66. The minimum absolute atomic E-state index is 0.206. The second-order valence-electron chi connectivity index (χ2n) is 8.02. The largest absolute Gasteiger partial charge is 0.493 e. The number of aromatic nitrogens is 2. The summed E-state index contributed by atoms with van der Waals surface area (Å²) in [6, 6.07) is 16.0. The van der Waals surface area contributed by atoms with Gasteiger partial charge in [0.15, 0.2) is 23.0 Å². The van der Waals surface area contributed by atoms with Crippen LogP contribution in [-0.2, 0) is 13.0 Å². The predicted octanol–water partition coefficient (Wildman–Crippen LogP) is 3.62. The number of para-hydroxylation sites is 1. The molecule has 2 heterocycles. The molecule has 9 heteroatoms. The van der Waals surface area contributed by atoms with Crippen LogP contribution >= 0.6 is 0 Å². The van der Waals surface area contributed by atoms with Crippen LogP contribution in [0.3, 0.4) is 0 Å². The maximum absolute atomic E-state index is 12.8. The Morgan fingerprint density at radius 3 is 2.78 bits per heavy atom. The van der Waals surface area contributed by atoms with E-state index in [1.54, 1.807) is 43.5 Å². The summed E-state index contributed by atoms with van der Waals surface area (Å²) in [5.74, 6) is 2.43. The van der Waals surface area contributed by atoms with Gasteiger partial charge in [0, 0.05) is 5.56 Å². The van der Waals surface area contributed by atoms with E-state index in [4.69, 9.17) is 18.9 Å². The molecule has 0 amide bonds. The molecule has 1 N–H and O–H groups in total. The first-order valence-electron chi connectivity index (χ1n) is 11.2. The minimum atomic E-state index is -0.628. The van der Waals surface area contributed by atoms with Crippen LogP contribution in [-0.4, -0.2) is 29.8 Å². The van der Waals surface area contributed by atoms with E-state index in [2.05, 4.69) is 16.7 Å². The molecule has 1 aliphatic rings. The van der Waals surface area contributed by atoms with E-state index in [1.807, 2.05) is 24.3 Å². The van der Waals surface area contributed by atoms with Crippen LogP contribution in [0.15, 0.2) is 81.9 Å². The van der Waals surface area contributed by atoms with Crippen molar-refractivity contribution in [2.45, 2.75) is 13.0 Å². The Morgan fingerprint density at radius 2 is 1.94 bits per heavy atom. The Morgan fingerprint density at radius 1 is 1.11 bits per heavy atom. The number of nitrogens with zero attached hydrogens (tertiary/aromatic N) is 2. The molecule has 3 aromatic carbocycles. The lowest BCUT2D eigenvalue weighted by Gasteiger charge is -2.16. The van der Waals surface area contributed by atoms with E-state index in [0.29, 0.717) is 45.9 Å². The lowest BCUT2D eigenvalue weighted by molar-refractivity contribution is 0.174. The van der Waals surface area contributed by atoms with Crippen molar-refractivity contribution in [2.75, 3.05) is 13.9 Å². The molecular weight excluding hydrogens is 462 g/mol. The molecule has 0 unspecified atom stereocenters. The number of rotatable bonds is 8. The fourth-order valence-electron chi connectivity index (χ4n) is 3.95. The molecule has 0 spiro atoms. The van der Waals surface area contributed by atoms with Crippen molar-refractivity contribution in [3.05, 3.63) is 105 Å². The maximum atomic E-state index is 12.8. The first-order chi connectivity index (χ1) is 17.6. The van der Waals surface area contributed by atoms with Crippen LogP contribution in [0.1, 0.15) is 16.7 Å². The zero-order valence-corrected chi connectivity index (χ0v) is 19.5. The minimum Gasteiger partial charge on any atom is -0.493 e. The van der Waals surface area contributed by atoms with Crippen LogP contribution in [0.25, 0.3) is 10.9 Å². The van der Waals surface area contributed by atoms with Gasteiger partial charge >= 0.3 is 5.69 Å². The average Bonchev–Trinajstić information content (AvgIpc) is 3.36. The summed E-state index contributed by atoms with van der Waals surface area (Å²) in [5, 5.41) is 4.51. The number of aromatic amines is 1. The van der Waals surface area contributed by atoms with Crippen molar-refractivity contribution in [3.8, 4) is 23.0 Å². The summed E-state index contributed by atoms with van der Waals surface area (Å²) in [6.45, 7) is 4.32. The zero-order valence-electron chi connectivity index (χ0n) is 19.5. The molecule has 36 heavy (non-hydrogen) atoms. The molecule has 0 radical (unpaired) electrons. The SMILES string of the molecule is C=CCc1cc(C=Nn2c(=O)[nH]c3ccccc3c2=O)cc(OC)c1OCc1ccc2c(c1)OCO2. The van der Waals surface area contributed by atoms with Crippen molar-refractivity contribution in [1.29, 1.82) is 0 Å². The number of ether oxygens (including phenoxy) is 4. The molecule has 0 atom stereocenters. The van der Waals surface area contributed by atoms with Crippen molar-refractivity contribution >= 4 is 17.1 Å². The van der Waals surface area contributed by atoms with E-state index in [9.17, 15) is 9.59 Å². The van der Waals surface area contributed by atoms with Crippen molar-refractivity contribution in [3.63, 3.8) is 0 Å². The summed E-state index contributed by atoms with van der Waals surface area (Å²) >= 11 is 0. The first-order valence-corrected chi connectivity index (χ1v) is 11.2. The van der Waals surface area contributed by atoms with Gasteiger partial charge in [0.05, 0.1) is 24.2 Å². The molecule has 0 saturated heterocycles. The number of benzene rings is 3. The zero-order chi connectivity index (χ0) is 25.1. The van der Waals surface area contributed by atoms with Gasteiger partial charge in [0.1, 0.15) is 6.61 Å². The first kappa shape index (κ1) is 23.0. The lowest BCUT2D eigenvalue weighted by atomic mass is 10.1. The maximum Gasteiger partial charge on any atom is 0.349 e. The number of methoxy groups -OCH3 is 1. The van der Waals surface area contributed by atoms with Gasteiger partial charge in [0.25, 0.3) is 5.56 Å². The normalized spacial score (nSPS) is 12.2. The van der Waals surface area contributed by atoms with Crippen molar-refractivity contribution < 1.29 is 18.9 Å². The van der Waals surface area contributed by atoms with Gasteiger partial charge in [-0.05, 0) is 53.9 Å². The molecular formula is C27H23N3O6. The van der Waals surface area contributed by atoms with E-state index >= 15 is 0 Å². The predicted molar refractivity (Wildman–Crippen MR) is 136 cm³/mol. The van der Waals surface area contributed by atoms with Crippen LogP contribution in [0.4, 0.5) is 0 Å². The van der Waals surface area contributed by atoms with Gasteiger partial charge in [-0.1, -0.05) is 24.3 Å². The smallest absolute Gasteiger partial charge is 0.349 e. The molecule has 0 aliphatic carbocycles. The van der Waals surface area contributed by atoms with Gasteiger partial charge in [-0.15, -0.1) is 11.3 Å². The second kappa shape index (κ2) is 9.83. The van der Waals surface area contributed by atoms with Gasteiger partial charge < -0.3 is 23.9 Å². The Hall–Kier alpha value is -4.79. The number of H-pyrrole nitrogens is 1. The molecule has 1 aromatic heterocycles. The summed E-state index contributed by atoms with van der Waals surface area (Å²) < 4.78 is 23.3. The average molecular weight is 485 g/mol. The fourth-order valence-corrected chi connectivity index (χ4v) is 3.95. The number of hydrogen-bond donors (Lipinski definition) is 1. The lowest BCUT2D eigenvalue weighted by Crippen LogP contribution is -2.32. The van der Waals surface area contributed by atoms with Crippen LogP contribution < -0.4 is 30.2 Å². The highest BCUT2D eigenvalue weighted by Gasteiger charge is 2.16. The Kier molecular flexibility index (Phi) is 6.27. The van der Waals surface area contributed by atoms with Gasteiger partial charge in [-0.3, -0.25) is 4.79 Å². The van der Waals surface area contributed by atoms with Crippen LogP contribution in [0.2, 0.25) is 0 Å². The van der Waals surface area contributed by atoms with Crippen molar-refractivity contribution in [2.24, 2.45) is 5.10 Å². The van der Waals surface area contributed by atoms with E-state index in [0.717, 1.165) is 15.8 Å². The third-order valence-corrected chi connectivity index (χ3v) is 5.66. The number of fused-ring (bicyclic) bond motifs is 2. The second-order valence-corrected chi connectivity index (χ2v) is 8.02. The molecule has 0 bridgehead atoms. The molecule has 9 nitrogen and oxygen atoms in total. The summed E-state index contributed by atoms with van der Waals surface area (Å²) in [7, 11) is 1.54. The topological polar surface area (TPSA) is 104 Å². The van der Waals surface area contributed by atoms with E-state index in [1.165, 1.54) is 6.21 Å². The highest BCUT2D eigenvalue weighted by Crippen LogP contribution is 2.36. The number of nitrogens with one attached hydrogen (secondary N) is 1. The number of hydrogen-bond acceptors (Lipinski definition) is 7. The Balaban J connectivity index is 1.46. The Bertz CT molecular complexity index is 1600. The quantitative estimate of drug-likeness (QED) is 0.302. The summed E-state index contributed by atoms with van der Waals surface area (Å²) in [6.07, 6.45) is 3.69. The van der Waals surface area contributed by atoms with Crippen LogP contribution in [0, 0.1) is 0 Å². The summed E-state index contributed by atoms with van der Waals surface area (Å²) in [5.41, 5.74) is 1.67. The molecule has 4 aromatic rings. The number of allylic oxidation sites excluding steroid dienone is 1. The highest BCUT2D eigenvalue weighted by molar-refractivity contribution is 5.82. The summed E-state index contributed by atoms with van der Waals surface area (Å²) in [4.78, 5) is 27.9. The van der Waals surface area contributed by atoms with Gasteiger partial charge in [-0.2, -0.15) is 5.10 Å². The molecule has 1 aliphatic heterocycles.